The number of urea groups is 1. The minimum atomic E-state index is -1.03. The van der Waals surface area contributed by atoms with E-state index in [1.807, 2.05) is 0 Å². The fraction of sp³-hybridized carbons (Fsp3) is 0.867. The number of amides is 2. The fourth-order valence-electron chi connectivity index (χ4n) is 3.59. The number of nitrogens with zero attached hydrogens (tertiary/aromatic N) is 1. The molecule has 0 unspecified atom stereocenters. The first kappa shape index (κ1) is 15.1. The quantitative estimate of drug-likeness (QED) is 0.832. The van der Waals surface area contributed by atoms with Crippen molar-refractivity contribution in [3.63, 3.8) is 0 Å². The molecule has 1 saturated heterocycles. The molecule has 2 aliphatic rings. The Labute approximate surface area is 120 Å². The molecule has 5 nitrogen and oxygen atoms in total. The summed E-state index contributed by atoms with van der Waals surface area (Å²) in [4.78, 5) is 25.7. The summed E-state index contributed by atoms with van der Waals surface area (Å²) in [7, 11) is 0. The third kappa shape index (κ3) is 2.63. The minimum absolute atomic E-state index is 0.196. The molecule has 2 rings (SSSR count). The summed E-state index contributed by atoms with van der Waals surface area (Å²) in [5.74, 6) is -0.889. The van der Waals surface area contributed by atoms with Crippen LogP contribution in [0.5, 0.6) is 0 Å². The third-order valence-electron chi connectivity index (χ3n) is 5.44. The van der Waals surface area contributed by atoms with Crippen LogP contribution in [0, 0.1) is 5.41 Å². The van der Waals surface area contributed by atoms with Crippen molar-refractivity contribution < 1.29 is 14.7 Å². The third-order valence-corrected chi connectivity index (χ3v) is 5.44. The van der Waals surface area contributed by atoms with Crippen molar-refractivity contribution in [2.24, 2.45) is 5.41 Å². The Balaban J connectivity index is 2.01. The van der Waals surface area contributed by atoms with Crippen LogP contribution < -0.4 is 5.32 Å². The van der Waals surface area contributed by atoms with Gasteiger partial charge in [0.1, 0.15) is 5.54 Å². The lowest BCUT2D eigenvalue weighted by molar-refractivity contribution is -0.144. The van der Waals surface area contributed by atoms with Crippen molar-refractivity contribution >= 4 is 12.0 Å². The van der Waals surface area contributed by atoms with Gasteiger partial charge in [-0.1, -0.05) is 26.7 Å². The van der Waals surface area contributed by atoms with E-state index in [9.17, 15) is 14.7 Å². The summed E-state index contributed by atoms with van der Waals surface area (Å²) in [6.45, 7) is 5.83. The van der Waals surface area contributed by atoms with Crippen molar-refractivity contribution in [1.29, 1.82) is 0 Å². The fourth-order valence-corrected chi connectivity index (χ4v) is 3.59. The first-order valence-electron chi connectivity index (χ1n) is 7.77. The van der Waals surface area contributed by atoms with Crippen LogP contribution in [0.3, 0.4) is 0 Å². The number of carboxylic acids is 1. The normalized spacial score (nSPS) is 23.8. The molecule has 0 radical (unpaired) electrons. The minimum Gasteiger partial charge on any atom is -0.480 e. The van der Waals surface area contributed by atoms with Crippen molar-refractivity contribution in [2.75, 3.05) is 13.1 Å². The number of carbonyl (C=O) groups excluding carboxylic acids is 1. The van der Waals surface area contributed by atoms with E-state index in [1.54, 1.807) is 4.90 Å². The number of aliphatic carboxylic acids is 1. The van der Waals surface area contributed by atoms with Gasteiger partial charge in [0.25, 0.3) is 0 Å². The highest BCUT2D eigenvalue weighted by Gasteiger charge is 2.45. The van der Waals surface area contributed by atoms with E-state index in [0.717, 1.165) is 45.2 Å². The zero-order valence-electron chi connectivity index (χ0n) is 12.6. The molecule has 0 spiro atoms. The van der Waals surface area contributed by atoms with Crippen LogP contribution in [0.25, 0.3) is 0 Å². The van der Waals surface area contributed by atoms with Gasteiger partial charge < -0.3 is 15.3 Å². The molecule has 0 aromatic heterocycles. The Morgan fingerprint density at radius 1 is 1.15 bits per heavy atom. The highest BCUT2D eigenvalue weighted by Crippen LogP contribution is 2.37. The standard InChI is InChI=1S/C15H26N2O3/c1-3-14(4-2)9-10-17(11-14)13(20)16-15(12(18)19)7-5-6-8-15/h3-11H2,1-2H3,(H,16,20)(H,18,19). The van der Waals surface area contributed by atoms with Gasteiger partial charge in [0.05, 0.1) is 0 Å². The van der Waals surface area contributed by atoms with E-state index in [1.165, 1.54) is 0 Å². The van der Waals surface area contributed by atoms with E-state index in [4.69, 9.17) is 0 Å². The Hall–Kier alpha value is -1.26. The average molecular weight is 282 g/mol. The number of nitrogens with one attached hydrogen (secondary N) is 1. The Kier molecular flexibility index (Phi) is 4.25. The smallest absolute Gasteiger partial charge is 0.329 e. The SMILES string of the molecule is CCC1(CC)CCN(C(=O)NC2(C(=O)O)CCCC2)C1. The summed E-state index contributed by atoms with van der Waals surface area (Å²) < 4.78 is 0. The Morgan fingerprint density at radius 3 is 2.20 bits per heavy atom. The lowest BCUT2D eigenvalue weighted by Gasteiger charge is -2.30. The highest BCUT2D eigenvalue weighted by atomic mass is 16.4. The van der Waals surface area contributed by atoms with Gasteiger partial charge in [-0.3, -0.25) is 0 Å². The molecule has 2 amide bonds. The first-order valence-corrected chi connectivity index (χ1v) is 7.77. The predicted octanol–water partition coefficient (Wildman–Crippen LogP) is 2.61. The van der Waals surface area contributed by atoms with Gasteiger partial charge in [-0.15, -0.1) is 0 Å². The molecule has 1 saturated carbocycles. The van der Waals surface area contributed by atoms with Crippen LogP contribution in [-0.2, 0) is 4.79 Å². The Morgan fingerprint density at radius 2 is 1.75 bits per heavy atom. The molecule has 1 aliphatic heterocycles. The molecule has 1 heterocycles. The summed E-state index contributed by atoms with van der Waals surface area (Å²) in [5.41, 5.74) is -0.801. The zero-order valence-corrected chi connectivity index (χ0v) is 12.6. The highest BCUT2D eigenvalue weighted by molar-refractivity contribution is 5.86. The largest absolute Gasteiger partial charge is 0.480 e. The van der Waals surface area contributed by atoms with Crippen molar-refractivity contribution in [1.82, 2.24) is 10.2 Å². The molecule has 0 atom stereocenters. The summed E-state index contributed by atoms with van der Waals surface area (Å²) in [6.07, 6.45) is 6.01. The maximum Gasteiger partial charge on any atom is 0.329 e. The van der Waals surface area contributed by atoms with Crippen LogP contribution in [0.15, 0.2) is 0 Å². The molecule has 0 aromatic rings. The van der Waals surface area contributed by atoms with Crippen LogP contribution in [-0.4, -0.2) is 40.6 Å². The second-order valence-corrected chi connectivity index (χ2v) is 6.40. The molecule has 0 aromatic carbocycles. The maximum absolute atomic E-state index is 12.4. The first-order chi connectivity index (χ1) is 9.47. The maximum atomic E-state index is 12.4. The van der Waals surface area contributed by atoms with Gasteiger partial charge in [-0.05, 0) is 37.5 Å². The molecular weight excluding hydrogens is 256 g/mol. The van der Waals surface area contributed by atoms with E-state index in [0.29, 0.717) is 12.8 Å². The van der Waals surface area contributed by atoms with Gasteiger partial charge in [0.15, 0.2) is 0 Å². The number of likely N-dealkylation sites (tertiary alicyclic amines) is 1. The van der Waals surface area contributed by atoms with Gasteiger partial charge >= 0.3 is 12.0 Å². The molecule has 5 heteroatoms. The number of hydrogen-bond donors (Lipinski definition) is 2. The van der Waals surface area contributed by atoms with Gasteiger partial charge in [-0.2, -0.15) is 0 Å². The molecule has 2 fully saturated rings. The van der Waals surface area contributed by atoms with E-state index in [2.05, 4.69) is 19.2 Å². The van der Waals surface area contributed by atoms with Crippen LogP contribution in [0.1, 0.15) is 58.8 Å². The van der Waals surface area contributed by atoms with Gasteiger partial charge in [0.2, 0.25) is 0 Å². The molecule has 1 aliphatic carbocycles. The predicted molar refractivity (Wildman–Crippen MR) is 76.6 cm³/mol. The average Bonchev–Trinajstić information content (AvgIpc) is 3.06. The second-order valence-electron chi connectivity index (χ2n) is 6.40. The van der Waals surface area contributed by atoms with Crippen molar-refractivity contribution in [3.05, 3.63) is 0 Å². The van der Waals surface area contributed by atoms with Crippen molar-refractivity contribution in [2.45, 2.75) is 64.3 Å². The topological polar surface area (TPSA) is 69.6 Å². The molecule has 2 N–H and O–H groups in total. The molecule has 114 valence electrons. The lowest BCUT2D eigenvalue weighted by Crippen LogP contribution is -2.56. The lowest BCUT2D eigenvalue weighted by atomic mass is 9.82. The number of carbonyl (C=O) groups is 2. The van der Waals surface area contributed by atoms with E-state index >= 15 is 0 Å². The van der Waals surface area contributed by atoms with E-state index < -0.39 is 11.5 Å². The zero-order chi connectivity index (χ0) is 14.8. The second kappa shape index (κ2) is 5.62. The number of carboxylic acid groups (broad SMARTS) is 1. The molecule has 20 heavy (non-hydrogen) atoms. The van der Waals surface area contributed by atoms with Crippen LogP contribution in [0.4, 0.5) is 4.79 Å². The van der Waals surface area contributed by atoms with Crippen molar-refractivity contribution in [3.8, 4) is 0 Å². The van der Waals surface area contributed by atoms with Crippen LogP contribution >= 0.6 is 0 Å². The van der Waals surface area contributed by atoms with Gasteiger partial charge in [-0.25, -0.2) is 9.59 Å². The monoisotopic (exact) mass is 282 g/mol. The summed E-state index contributed by atoms with van der Waals surface area (Å²) in [5, 5.41) is 12.2. The number of rotatable bonds is 4. The number of hydrogen-bond acceptors (Lipinski definition) is 2. The molecule has 0 bridgehead atoms. The van der Waals surface area contributed by atoms with Gasteiger partial charge in [0, 0.05) is 13.1 Å². The Bertz CT molecular complexity index is 385. The van der Waals surface area contributed by atoms with Crippen LogP contribution in [0.2, 0.25) is 0 Å². The summed E-state index contributed by atoms with van der Waals surface area (Å²) >= 11 is 0. The molecular formula is C15H26N2O3. The summed E-state index contributed by atoms with van der Waals surface area (Å²) in [6, 6.07) is -0.196. The van der Waals surface area contributed by atoms with E-state index in [-0.39, 0.29) is 11.4 Å².